The number of nitrogens with one attached hydrogen (secondary N) is 1. The van der Waals surface area contributed by atoms with Crippen LogP contribution >= 0.6 is 11.6 Å². The van der Waals surface area contributed by atoms with Crippen molar-refractivity contribution >= 4 is 40.5 Å². The Labute approximate surface area is 226 Å². The molecule has 0 bridgehead atoms. The molecule has 38 heavy (non-hydrogen) atoms. The number of amides is 1. The van der Waals surface area contributed by atoms with E-state index < -0.39 is 11.7 Å². The minimum atomic E-state index is -0.588. The number of benzene rings is 1. The molecule has 10 nitrogen and oxygen atoms in total. The number of nitrogens with zero attached hydrogens (tertiary/aromatic N) is 6. The monoisotopic (exact) mass is 535 g/mol. The molecule has 2 aromatic heterocycles. The molecule has 3 aromatic rings. The standard InChI is InChI=1S/C27H30ClN7O3/c1-6-7-15-34-21-22(31-24(28)35(23(21)36)16-18-10-12-19(29-5)13-11-18)32-25(34)33-14-8-9-20(17-33)30-26(37)38-27(2,3)4/h10-13,20H,8-9,14-17H2,1-4H3,(H,30,37). The number of hydrogen-bond acceptors (Lipinski definition) is 6. The van der Waals surface area contributed by atoms with E-state index in [-0.39, 0.29) is 35.6 Å². The average molecular weight is 536 g/mol. The molecule has 1 aliphatic rings. The number of imidazole rings is 1. The zero-order chi connectivity index (χ0) is 27.4. The molecular weight excluding hydrogens is 506 g/mol. The highest BCUT2D eigenvalue weighted by Gasteiger charge is 2.28. The Kier molecular flexibility index (Phi) is 7.94. The number of carbonyl (C=O) groups excluding carboxylic acids is 1. The third-order valence-electron chi connectivity index (χ3n) is 6.04. The minimum Gasteiger partial charge on any atom is -0.444 e. The third kappa shape index (κ3) is 6.09. The van der Waals surface area contributed by atoms with Gasteiger partial charge in [-0.1, -0.05) is 30.2 Å². The maximum atomic E-state index is 13.7. The molecule has 0 radical (unpaired) electrons. The first kappa shape index (κ1) is 27.0. The smallest absolute Gasteiger partial charge is 0.407 e. The second-order valence-electron chi connectivity index (χ2n) is 10.1. The third-order valence-corrected chi connectivity index (χ3v) is 6.33. The molecule has 0 aliphatic carbocycles. The van der Waals surface area contributed by atoms with Crippen molar-refractivity contribution in [2.75, 3.05) is 18.0 Å². The van der Waals surface area contributed by atoms with Crippen molar-refractivity contribution in [2.45, 2.75) is 65.3 Å². The number of aromatic nitrogens is 4. The summed E-state index contributed by atoms with van der Waals surface area (Å²) in [4.78, 5) is 40.6. The van der Waals surface area contributed by atoms with E-state index in [1.54, 1.807) is 35.8 Å². The molecule has 3 heterocycles. The summed E-state index contributed by atoms with van der Waals surface area (Å²) in [7, 11) is 0. The van der Waals surface area contributed by atoms with E-state index in [2.05, 4.69) is 32.0 Å². The Balaban J connectivity index is 1.69. The zero-order valence-corrected chi connectivity index (χ0v) is 22.7. The van der Waals surface area contributed by atoms with Crippen LogP contribution in [0, 0.1) is 18.4 Å². The van der Waals surface area contributed by atoms with Crippen LogP contribution in [0.2, 0.25) is 5.28 Å². The molecular formula is C27H30ClN7O3. The number of carbonyl (C=O) groups is 1. The van der Waals surface area contributed by atoms with Gasteiger partial charge in [-0.05, 0) is 57.7 Å². The fourth-order valence-corrected chi connectivity index (χ4v) is 4.59. The predicted octanol–water partition coefficient (Wildman–Crippen LogP) is 4.36. The summed E-state index contributed by atoms with van der Waals surface area (Å²) in [5, 5.41) is 2.97. The molecule has 198 valence electrons. The molecule has 1 aromatic carbocycles. The van der Waals surface area contributed by atoms with Gasteiger partial charge in [0.25, 0.3) is 5.56 Å². The van der Waals surface area contributed by atoms with Crippen molar-refractivity contribution in [3.05, 3.63) is 56.9 Å². The number of rotatable bonds is 5. The second kappa shape index (κ2) is 11.2. The van der Waals surface area contributed by atoms with Crippen molar-refractivity contribution in [2.24, 2.45) is 0 Å². The van der Waals surface area contributed by atoms with Crippen LogP contribution in [0.25, 0.3) is 16.0 Å². The highest BCUT2D eigenvalue weighted by Crippen LogP contribution is 2.25. The summed E-state index contributed by atoms with van der Waals surface area (Å²) in [5.74, 6) is 6.47. The summed E-state index contributed by atoms with van der Waals surface area (Å²) < 4.78 is 8.58. The van der Waals surface area contributed by atoms with Gasteiger partial charge in [0.15, 0.2) is 16.9 Å². The van der Waals surface area contributed by atoms with Crippen LogP contribution in [0.15, 0.2) is 29.1 Å². The van der Waals surface area contributed by atoms with Gasteiger partial charge in [0, 0.05) is 19.1 Å². The van der Waals surface area contributed by atoms with Gasteiger partial charge in [-0.25, -0.2) is 9.64 Å². The van der Waals surface area contributed by atoms with E-state index in [9.17, 15) is 9.59 Å². The van der Waals surface area contributed by atoms with Gasteiger partial charge in [-0.15, -0.1) is 5.92 Å². The molecule has 1 fully saturated rings. The Bertz CT molecular complexity index is 1500. The van der Waals surface area contributed by atoms with Gasteiger partial charge in [0.2, 0.25) is 11.2 Å². The zero-order valence-electron chi connectivity index (χ0n) is 21.9. The first-order chi connectivity index (χ1) is 18.1. The molecule has 1 amide bonds. The largest absolute Gasteiger partial charge is 0.444 e. The van der Waals surface area contributed by atoms with Gasteiger partial charge in [0.05, 0.1) is 19.7 Å². The van der Waals surface area contributed by atoms with E-state index >= 15 is 0 Å². The lowest BCUT2D eigenvalue weighted by Gasteiger charge is -2.34. The quantitative estimate of drug-likeness (QED) is 0.296. The Morgan fingerprint density at radius 2 is 2.00 bits per heavy atom. The van der Waals surface area contributed by atoms with Crippen molar-refractivity contribution in [1.29, 1.82) is 0 Å². The number of alkyl carbamates (subject to hydrolysis) is 1. The van der Waals surface area contributed by atoms with Crippen LogP contribution in [0.1, 0.15) is 46.1 Å². The number of ether oxygens (including phenoxy) is 1. The number of anilines is 1. The molecule has 0 saturated carbocycles. The molecule has 4 rings (SSSR count). The van der Waals surface area contributed by atoms with Crippen LogP contribution in [-0.2, 0) is 17.8 Å². The van der Waals surface area contributed by atoms with Crippen LogP contribution in [0.3, 0.4) is 0 Å². The van der Waals surface area contributed by atoms with Crippen LogP contribution in [0.4, 0.5) is 16.4 Å². The highest BCUT2D eigenvalue weighted by atomic mass is 35.5. The number of halogens is 1. The van der Waals surface area contributed by atoms with Gasteiger partial charge >= 0.3 is 6.09 Å². The summed E-state index contributed by atoms with van der Waals surface area (Å²) >= 11 is 6.45. The lowest BCUT2D eigenvalue weighted by atomic mass is 10.1. The fraction of sp³-hybridized carbons (Fsp3) is 0.444. The normalized spacial score (nSPS) is 15.5. The minimum absolute atomic E-state index is 0.0256. The molecule has 1 atom stereocenters. The maximum Gasteiger partial charge on any atom is 0.407 e. The van der Waals surface area contributed by atoms with Crippen molar-refractivity contribution in [1.82, 2.24) is 24.4 Å². The Morgan fingerprint density at radius 3 is 2.66 bits per heavy atom. The van der Waals surface area contributed by atoms with E-state index in [4.69, 9.17) is 22.9 Å². The molecule has 11 heteroatoms. The second-order valence-corrected chi connectivity index (χ2v) is 10.4. The maximum absolute atomic E-state index is 13.7. The lowest BCUT2D eigenvalue weighted by molar-refractivity contribution is 0.0499. The molecule has 0 spiro atoms. The molecule has 1 unspecified atom stereocenters. The summed E-state index contributed by atoms with van der Waals surface area (Å²) in [6.07, 6.45) is 1.16. The van der Waals surface area contributed by atoms with Gasteiger partial charge in [-0.2, -0.15) is 9.97 Å². The summed E-state index contributed by atoms with van der Waals surface area (Å²) in [6, 6.07) is 6.83. The van der Waals surface area contributed by atoms with Gasteiger partial charge in [0.1, 0.15) is 5.60 Å². The van der Waals surface area contributed by atoms with Crippen molar-refractivity contribution < 1.29 is 9.53 Å². The number of hydrogen-bond donors (Lipinski definition) is 1. The van der Waals surface area contributed by atoms with Crippen LogP contribution in [-0.4, -0.2) is 49.9 Å². The topological polar surface area (TPSA) is 98.6 Å². The summed E-state index contributed by atoms with van der Waals surface area (Å²) in [5.41, 5.74) is 0.972. The molecule has 1 saturated heterocycles. The number of fused-ring (bicyclic) bond motifs is 1. The SMILES string of the molecule is [C-]#[N+]c1ccc(Cn2c(Cl)nc3nc(N4CCCC(NC(=O)OC(C)(C)C)C4)n(CC#CC)c3c2=O)cc1. The average Bonchev–Trinajstić information content (AvgIpc) is 3.22. The van der Waals surface area contributed by atoms with E-state index in [0.29, 0.717) is 30.2 Å². The van der Waals surface area contributed by atoms with Crippen molar-refractivity contribution in [3.8, 4) is 11.8 Å². The number of piperidine rings is 1. The Morgan fingerprint density at radius 1 is 1.26 bits per heavy atom. The fourth-order valence-electron chi connectivity index (χ4n) is 4.37. The van der Waals surface area contributed by atoms with Crippen LogP contribution < -0.4 is 15.8 Å². The predicted molar refractivity (Wildman–Crippen MR) is 147 cm³/mol. The lowest BCUT2D eigenvalue weighted by Crippen LogP contribution is -2.49. The highest BCUT2D eigenvalue weighted by molar-refractivity contribution is 6.28. The van der Waals surface area contributed by atoms with Crippen LogP contribution in [0.5, 0.6) is 0 Å². The molecule has 1 aliphatic heterocycles. The van der Waals surface area contributed by atoms with E-state index in [1.807, 2.05) is 25.7 Å². The van der Waals surface area contributed by atoms with Crippen molar-refractivity contribution in [3.63, 3.8) is 0 Å². The molecule has 1 N–H and O–H groups in total. The Hall–Kier alpha value is -4.02. The van der Waals surface area contributed by atoms with Gasteiger partial charge < -0.3 is 15.0 Å². The van der Waals surface area contributed by atoms with E-state index in [0.717, 1.165) is 18.4 Å². The first-order valence-electron chi connectivity index (χ1n) is 12.4. The first-order valence-corrected chi connectivity index (χ1v) is 12.7. The van der Waals surface area contributed by atoms with E-state index in [1.165, 1.54) is 4.57 Å². The summed E-state index contributed by atoms with van der Waals surface area (Å²) in [6.45, 7) is 16.0. The van der Waals surface area contributed by atoms with Gasteiger partial charge in [-0.3, -0.25) is 13.9 Å².